The van der Waals surface area contributed by atoms with E-state index in [9.17, 15) is 14.4 Å². The molecule has 1 aromatic heterocycles. The van der Waals surface area contributed by atoms with Crippen LogP contribution in [0.4, 0.5) is 5.13 Å². The molecule has 0 aliphatic carbocycles. The highest BCUT2D eigenvalue weighted by molar-refractivity contribution is 8.00. The summed E-state index contributed by atoms with van der Waals surface area (Å²) in [6.45, 7) is 0.464. The highest BCUT2D eigenvalue weighted by atomic mass is 32.2. The second-order valence-electron chi connectivity index (χ2n) is 5.54. The first kappa shape index (κ1) is 19.3. The van der Waals surface area contributed by atoms with Crippen molar-refractivity contribution in [2.24, 2.45) is 5.16 Å². The van der Waals surface area contributed by atoms with Gasteiger partial charge in [-0.2, -0.15) is 0 Å². The smallest absolute Gasteiger partial charge is 0.276 e. The van der Waals surface area contributed by atoms with E-state index >= 15 is 0 Å². The van der Waals surface area contributed by atoms with Crippen molar-refractivity contribution in [1.29, 1.82) is 0 Å². The van der Waals surface area contributed by atoms with E-state index in [1.807, 2.05) is 0 Å². The van der Waals surface area contributed by atoms with Crippen LogP contribution in [0.2, 0.25) is 0 Å². The monoisotopic (exact) mass is 411 g/mol. The third-order valence-electron chi connectivity index (χ3n) is 3.78. The Labute approximate surface area is 163 Å². The van der Waals surface area contributed by atoms with Crippen LogP contribution < -0.4 is 10.6 Å². The molecular formula is C15H17N5O5S2. The summed E-state index contributed by atoms with van der Waals surface area (Å²) < 4.78 is 5.09. The molecule has 1 saturated heterocycles. The Morgan fingerprint density at radius 3 is 3.04 bits per heavy atom. The molecular weight excluding hydrogens is 394 g/mol. The minimum absolute atomic E-state index is 0.0737. The van der Waals surface area contributed by atoms with Crippen LogP contribution in [0.5, 0.6) is 0 Å². The SMILES string of the molecule is COCC1=CN2C(=O)C(NC(=O)C(=NOC)c3csc(NC=O)n3)[C@@H]2SC1. The van der Waals surface area contributed by atoms with Crippen LogP contribution >= 0.6 is 23.1 Å². The van der Waals surface area contributed by atoms with Crippen molar-refractivity contribution in [3.8, 4) is 0 Å². The van der Waals surface area contributed by atoms with Gasteiger partial charge in [-0.25, -0.2) is 4.98 Å². The summed E-state index contributed by atoms with van der Waals surface area (Å²) >= 11 is 2.69. The van der Waals surface area contributed by atoms with Crippen molar-refractivity contribution >= 4 is 52.2 Å². The lowest BCUT2D eigenvalue weighted by Crippen LogP contribution is -2.69. The normalized spacial score (nSPS) is 21.7. The molecule has 2 atom stereocenters. The number of rotatable bonds is 8. The van der Waals surface area contributed by atoms with Crippen LogP contribution in [0, 0.1) is 0 Å². The van der Waals surface area contributed by atoms with E-state index in [1.54, 1.807) is 35.4 Å². The summed E-state index contributed by atoms with van der Waals surface area (Å²) in [5.74, 6) is -0.0573. The number of thioether (sulfide) groups is 1. The molecule has 1 unspecified atom stereocenters. The summed E-state index contributed by atoms with van der Waals surface area (Å²) in [6, 6.07) is -0.656. The molecule has 3 heterocycles. The number of β-lactam (4-membered cyclic amide) rings is 1. The predicted molar refractivity (Wildman–Crippen MR) is 100 cm³/mol. The van der Waals surface area contributed by atoms with Crippen LogP contribution in [0.15, 0.2) is 22.3 Å². The van der Waals surface area contributed by atoms with E-state index in [0.717, 1.165) is 22.7 Å². The maximum atomic E-state index is 12.6. The van der Waals surface area contributed by atoms with Crippen molar-refractivity contribution in [3.63, 3.8) is 0 Å². The van der Waals surface area contributed by atoms with Crippen LogP contribution in [-0.2, 0) is 24.0 Å². The molecule has 0 saturated carbocycles. The number of hydrogen-bond donors (Lipinski definition) is 2. The van der Waals surface area contributed by atoms with Crippen LogP contribution in [0.3, 0.4) is 0 Å². The predicted octanol–water partition coefficient (Wildman–Crippen LogP) is -0.00790. The fraction of sp³-hybridized carbons (Fsp3) is 0.400. The average Bonchev–Trinajstić information content (AvgIpc) is 3.12. The molecule has 2 N–H and O–H groups in total. The summed E-state index contributed by atoms with van der Waals surface area (Å²) in [6.07, 6.45) is 2.26. The van der Waals surface area contributed by atoms with Gasteiger partial charge >= 0.3 is 0 Å². The number of ether oxygens (including phenoxy) is 1. The zero-order valence-electron chi connectivity index (χ0n) is 14.5. The number of carbonyl (C=O) groups is 3. The Morgan fingerprint density at radius 2 is 2.33 bits per heavy atom. The highest BCUT2D eigenvalue weighted by Gasteiger charge is 2.49. The van der Waals surface area contributed by atoms with Crippen molar-refractivity contribution in [3.05, 3.63) is 22.8 Å². The fourth-order valence-corrected chi connectivity index (χ4v) is 4.53. The van der Waals surface area contributed by atoms with Gasteiger partial charge in [0.05, 0.1) is 6.61 Å². The van der Waals surface area contributed by atoms with Gasteiger partial charge in [0.1, 0.15) is 24.2 Å². The highest BCUT2D eigenvalue weighted by Crippen LogP contribution is 2.36. The van der Waals surface area contributed by atoms with E-state index in [2.05, 4.69) is 20.8 Å². The fourth-order valence-electron chi connectivity index (χ4n) is 2.63. The average molecular weight is 411 g/mol. The molecule has 3 amide bonds. The lowest BCUT2D eigenvalue weighted by molar-refractivity contribution is -0.143. The number of amides is 3. The number of hydrogen-bond acceptors (Lipinski definition) is 9. The maximum absolute atomic E-state index is 12.6. The van der Waals surface area contributed by atoms with Crippen molar-refractivity contribution in [1.82, 2.24) is 15.2 Å². The van der Waals surface area contributed by atoms with Gasteiger partial charge < -0.3 is 25.1 Å². The van der Waals surface area contributed by atoms with Crippen LogP contribution in [-0.4, -0.2) is 71.8 Å². The first-order chi connectivity index (χ1) is 13.1. The molecule has 10 nitrogen and oxygen atoms in total. The quantitative estimate of drug-likeness (QED) is 0.267. The van der Waals surface area contributed by atoms with Crippen molar-refractivity contribution in [2.75, 3.05) is 31.9 Å². The number of thiazole rings is 1. The summed E-state index contributed by atoms with van der Waals surface area (Å²) in [4.78, 5) is 45.9. The van der Waals surface area contributed by atoms with Crippen LogP contribution in [0.1, 0.15) is 5.69 Å². The molecule has 0 aromatic carbocycles. The van der Waals surface area contributed by atoms with Gasteiger partial charge in [-0.3, -0.25) is 14.4 Å². The second-order valence-corrected chi connectivity index (χ2v) is 7.50. The Morgan fingerprint density at radius 1 is 1.52 bits per heavy atom. The molecule has 0 radical (unpaired) electrons. The largest absolute Gasteiger partial charge is 0.398 e. The molecule has 0 spiro atoms. The molecule has 1 fully saturated rings. The van der Waals surface area contributed by atoms with E-state index < -0.39 is 11.9 Å². The number of anilines is 1. The van der Waals surface area contributed by atoms with Gasteiger partial charge in [-0.15, -0.1) is 23.1 Å². The minimum atomic E-state index is -0.656. The molecule has 2 aliphatic heterocycles. The Kier molecular flexibility index (Phi) is 6.08. The van der Waals surface area contributed by atoms with Crippen LogP contribution in [0.25, 0.3) is 0 Å². The Balaban J connectivity index is 1.69. The Bertz CT molecular complexity index is 808. The van der Waals surface area contributed by atoms with Gasteiger partial charge in [0.25, 0.3) is 11.8 Å². The molecule has 12 heteroatoms. The number of nitrogens with zero attached hydrogens (tertiary/aromatic N) is 3. The topological polar surface area (TPSA) is 122 Å². The van der Waals surface area contributed by atoms with Gasteiger partial charge in [0.15, 0.2) is 10.8 Å². The lowest BCUT2D eigenvalue weighted by Gasteiger charge is -2.47. The van der Waals surface area contributed by atoms with Gasteiger partial charge in [-0.1, -0.05) is 5.16 Å². The maximum Gasteiger partial charge on any atom is 0.276 e. The standard InChI is InChI=1S/C15H17N5O5S2/c1-24-4-8-3-20-13(23)11(14(20)26-5-8)18-12(22)10(19-25-2)9-6-27-15(17-9)16-7-21/h3,6-7,11,14H,4-5H2,1-2H3,(H,18,22)(H,16,17,21)/t11?,14-/m0/s1. The molecule has 144 valence electrons. The van der Waals surface area contributed by atoms with Gasteiger partial charge in [0, 0.05) is 24.4 Å². The van der Waals surface area contributed by atoms with Gasteiger partial charge in [-0.05, 0) is 5.57 Å². The third-order valence-corrected chi connectivity index (χ3v) is 5.94. The molecule has 2 aliphatic rings. The number of nitrogens with one attached hydrogen (secondary N) is 2. The molecule has 0 bridgehead atoms. The zero-order chi connectivity index (χ0) is 19.4. The molecule has 1 aromatic rings. The van der Waals surface area contributed by atoms with E-state index in [1.165, 1.54) is 7.11 Å². The number of oxime groups is 1. The minimum Gasteiger partial charge on any atom is -0.398 e. The number of fused-ring (bicyclic) bond motifs is 1. The summed E-state index contributed by atoms with van der Waals surface area (Å²) in [5, 5.41) is 10.5. The van der Waals surface area contributed by atoms with Crippen molar-refractivity contribution < 1.29 is 24.0 Å². The first-order valence-corrected chi connectivity index (χ1v) is 9.72. The van der Waals surface area contributed by atoms with E-state index in [-0.39, 0.29) is 22.7 Å². The second kappa shape index (κ2) is 8.50. The first-order valence-electron chi connectivity index (χ1n) is 7.79. The number of methoxy groups -OCH3 is 1. The Hall–Kier alpha value is -2.44. The number of carbonyl (C=O) groups excluding carboxylic acids is 3. The summed E-state index contributed by atoms with van der Waals surface area (Å²) in [7, 11) is 2.91. The van der Waals surface area contributed by atoms with E-state index in [0.29, 0.717) is 18.1 Å². The van der Waals surface area contributed by atoms with Crippen molar-refractivity contribution in [2.45, 2.75) is 11.4 Å². The molecule has 3 rings (SSSR count). The van der Waals surface area contributed by atoms with Gasteiger partial charge in [0.2, 0.25) is 6.41 Å². The lowest BCUT2D eigenvalue weighted by atomic mass is 10.1. The third kappa shape index (κ3) is 3.96. The molecule has 27 heavy (non-hydrogen) atoms. The number of aromatic nitrogens is 1. The zero-order valence-corrected chi connectivity index (χ0v) is 16.1. The van der Waals surface area contributed by atoms with E-state index in [4.69, 9.17) is 9.57 Å². The summed E-state index contributed by atoms with van der Waals surface area (Å²) in [5.41, 5.74) is 1.18.